The zero-order valence-corrected chi connectivity index (χ0v) is 16.6. The molecular weight excluding hydrogens is 366 g/mol. The van der Waals surface area contributed by atoms with Gasteiger partial charge in [0.1, 0.15) is 6.07 Å². The van der Waals surface area contributed by atoms with Crippen LogP contribution in [0.3, 0.4) is 0 Å². The zero-order valence-electron chi connectivity index (χ0n) is 16.6. The van der Waals surface area contributed by atoms with E-state index in [1.807, 2.05) is 56.5 Å². The fourth-order valence-electron chi connectivity index (χ4n) is 3.35. The molecule has 7 nitrogen and oxygen atoms in total. The minimum Gasteiger partial charge on any atom is -0.350 e. The number of benzene rings is 2. The van der Waals surface area contributed by atoms with Crippen molar-refractivity contribution in [2.24, 2.45) is 7.05 Å². The van der Waals surface area contributed by atoms with Gasteiger partial charge in [-0.2, -0.15) is 5.26 Å². The monoisotopic (exact) mass is 389 g/mol. The zero-order chi connectivity index (χ0) is 21.0. The van der Waals surface area contributed by atoms with Gasteiger partial charge in [-0.25, -0.2) is 0 Å². The predicted octanol–water partition coefficient (Wildman–Crippen LogP) is 2.41. The van der Waals surface area contributed by atoms with Crippen LogP contribution in [-0.2, 0) is 16.6 Å². The lowest BCUT2D eigenvalue weighted by molar-refractivity contribution is -0.136. The van der Waals surface area contributed by atoms with Crippen LogP contribution >= 0.6 is 0 Å². The lowest BCUT2D eigenvalue weighted by atomic mass is 10.0. The number of aryl methyl sites for hydroxylation is 1. The molecule has 0 bridgehead atoms. The van der Waals surface area contributed by atoms with Crippen molar-refractivity contribution in [3.05, 3.63) is 65.9 Å². The maximum atomic E-state index is 12.3. The van der Waals surface area contributed by atoms with E-state index in [0.29, 0.717) is 11.3 Å². The van der Waals surface area contributed by atoms with Crippen molar-refractivity contribution >= 4 is 28.4 Å². The number of fused-ring (bicyclic) bond motifs is 1. The first kappa shape index (κ1) is 20.1. The fourth-order valence-corrected chi connectivity index (χ4v) is 3.35. The number of anilines is 1. The maximum absolute atomic E-state index is 12.3. The highest BCUT2D eigenvalue weighted by atomic mass is 16.2. The summed E-state index contributed by atoms with van der Waals surface area (Å²) in [6, 6.07) is 16.5. The molecule has 7 heteroatoms. The van der Waals surface area contributed by atoms with E-state index in [2.05, 4.69) is 21.3 Å². The Balaban J connectivity index is 1.73. The van der Waals surface area contributed by atoms with Crippen molar-refractivity contribution in [3.8, 4) is 6.07 Å². The van der Waals surface area contributed by atoms with Crippen LogP contribution < -0.4 is 10.6 Å². The summed E-state index contributed by atoms with van der Waals surface area (Å²) in [6.45, 7) is 0.271. The van der Waals surface area contributed by atoms with Crippen LogP contribution in [0.15, 0.2) is 54.7 Å². The van der Waals surface area contributed by atoms with Crippen molar-refractivity contribution < 1.29 is 9.59 Å². The molecule has 0 saturated carbocycles. The van der Waals surface area contributed by atoms with Gasteiger partial charge in [0.25, 0.3) is 0 Å². The molecule has 0 saturated heterocycles. The highest BCUT2D eigenvalue weighted by Gasteiger charge is 2.22. The molecule has 1 atom stereocenters. The summed E-state index contributed by atoms with van der Waals surface area (Å²) in [6.07, 6.45) is 2.05. The van der Waals surface area contributed by atoms with Gasteiger partial charge in [0.15, 0.2) is 0 Å². The van der Waals surface area contributed by atoms with Gasteiger partial charge < -0.3 is 20.1 Å². The first-order chi connectivity index (χ1) is 13.9. The second-order valence-electron chi connectivity index (χ2n) is 7.01. The van der Waals surface area contributed by atoms with E-state index in [-0.39, 0.29) is 12.6 Å². The molecule has 3 aromatic rings. The summed E-state index contributed by atoms with van der Waals surface area (Å²) in [4.78, 5) is 26.6. The summed E-state index contributed by atoms with van der Waals surface area (Å²) >= 11 is 0. The van der Waals surface area contributed by atoms with Gasteiger partial charge in [-0.05, 0) is 37.9 Å². The number of nitriles is 1. The summed E-state index contributed by atoms with van der Waals surface area (Å²) < 4.78 is 2.05. The van der Waals surface area contributed by atoms with Crippen LogP contribution in [0.4, 0.5) is 5.69 Å². The number of aromatic nitrogens is 1. The van der Waals surface area contributed by atoms with E-state index in [0.717, 1.165) is 16.5 Å². The van der Waals surface area contributed by atoms with Crippen LogP contribution in [0, 0.1) is 11.3 Å². The molecule has 2 N–H and O–H groups in total. The number of para-hydroxylation sites is 2. The highest BCUT2D eigenvalue weighted by molar-refractivity contribution is 6.39. The molecule has 1 aromatic heterocycles. The Kier molecular flexibility index (Phi) is 5.96. The number of likely N-dealkylation sites (N-methyl/N-ethyl adjacent to an activating group) is 1. The fraction of sp³-hybridized carbons (Fsp3) is 0.227. The van der Waals surface area contributed by atoms with Gasteiger partial charge in [-0.1, -0.05) is 30.3 Å². The van der Waals surface area contributed by atoms with Crippen LogP contribution in [0.2, 0.25) is 0 Å². The van der Waals surface area contributed by atoms with Gasteiger partial charge in [0.2, 0.25) is 0 Å². The molecule has 3 rings (SSSR count). The molecule has 148 valence electrons. The van der Waals surface area contributed by atoms with E-state index in [9.17, 15) is 9.59 Å². The first-order valence-corrected chi connectivity index (χ1v) is 9.21. The van der Waals surface area contributed by atoms with Crippen molar-refractivity contribution in [1.29, 1.82) is 5.26 Å². The number of nitrogens with one attached hydrogen (secondary N) is 2. The van der Waals surface area contributed by atoms with Crippen LogP contribution in [-0.4, -0.2) is 41.9 Å². The molecule has 1 heterocycles. The minimum absolute atomic E-state index is 0.107. The Morgan fingerprint density at radius 2 is 1.79 bits per heavy atom. The molecule has 1 unspecified atom stereocenters. The highest BCUT2D eigenvalue weighted by Crippen LogP contribution is 2.28. The van der Waals surface area contributed by atoms with E-state index < -0.39 is 11.8 Å². The number of carbonyl (C=O) groups is 2. The predicted molar refractivity (Wildman–Crippen MR) is 112 cm³/mol. The van der Waals surface area contributed by atoms with Crippen molar-refractivity contribution in [3.63, 3.8) is 0 Å². The van der Waals surface area contributed by atoms with Crippen molar-refractivity contribution in [2.75, 3.05) is 26.0 Å². The van der Waals surface area contributed by atoms with Crippen molar-refractivity contribution in [1.82, 2.24) is 14.8 Å². The topological polar surface area (TPSA) is 90.2 Å². The average molecular weight is 389 g/mol. The number of hydrogen-bond donors (Lipinski definition) is 2. The van der Waals surface area contributed by atoms with Gasteiger partial charge in [-0.15, -0.1) is 0 Å². The molecule has 0 aliphatic heterocycles. The molecular formula is C22H23N5O2. The quantitative estimate of drug-likeness (QED) is 0.656. The SMILES string of the molecule is CN(C)C(CNC(=O)C(=O)Nc1ccccc1C#N)c1cn(C)c2ccccc12. The molecule has 0 fully saturated rings. The van der Waals surface area contributed by atoms with Crippen LogP contribution in [0.5, 0.6) is 0 Å². The lowest BCUT2D eigenvalue weighted by Gasteiger charge is -2.24. The summed E-state index contributed by atoms with van der Waals surface area (Å²) in [5, 5.41) is 15.4. The number of carbonyl (C=O) groups excluding carboxylic acids is 2. The standard InChI is InChI=1S/C22H23N5O2/c1-26(2)20(17-14-27(3)19-11-7-5-9-16(17)19)13-24-21(28)22(29)25-18-10-6-4-8-15(18)12-23/h4-11,14,20H,13H2,1-3H3,(H,24,28)(H,25,29). The number of nitrogens with zero attached hydrogens (tertiary/aromatic N) is 3. The second-order valence-corrected chi connectivity index (χ2v) is 7.01. The van der Waals surface area contributed by atoms with E-state index in [1.165, 1.54) is 0 Å². The normalized spacial score (nSPS) is 11.8. The van der Waals surface area contributed by atoms with Crippen LogP contribution in [0.1, 0.15) is 17.2 Å². The van der Waals surface area contributed by atoms with Crippen molar-refractivity contribution in [2.45, 2.75) is 6.04 Å². The van der Waals surface area contributed by atoms with Gasteiger partial charge in [0, 0.05) is 30.7 Å². The van der Waals surface area contributed by atoms with E-state index in [4.69, 9.17) is 5.26 Å². The van der Waals surface area contributed by atoms with E-state index in [1.54, 1.807) is 24.3 Å². The Morgan fingerprint density at radius 3 is 2.52 bits per heavy atom. The lowest BCUT2D eigenvalue weighted by Crippen LogP contribution is -2.40. The summed E-state index contributed by atoms with van der Waals surface area (Å²) in [5.74, 6) is -1.55. The third kappa shape index (κ3) is 4.28. The van der Waals surface area contributed by atoms with Gasteiger partial charge in [-0.3, -0.25) is 9.59 Å². The number of rotatable bonds is 5. The molecule has 0 aliphatic rings. The van der Waals surface area contributed by atoms with Crippen LogP contribution in [0.25, 0.3) is 10.9 Å². The molecule has 29 heavy (non-hydrogen) atoms. The maximum Gasteiger partial charge on any atom is 0.313 e. The third-order valence-corrected chi connectivity index (χ3v) is 4.87. The van der Waals surface area contributed by atoms with E-state index >= 15 is 0 Å². The summed E-state index contributed by atoms with van der Waals surface area (Å²) in [5.41, 5.74) is 2.79. The van der Waals surface area contributed by atoms with Gasteiger partial charge in [0.05, 0.1) is 17.3 Å². The Labute approximate surface area is 169 Å². The smallest absolute Gasteiger partial charge is 0.313 e. The Morgan fingerprint density at radius 1 is 1.10 bits per heavy atom. The number of amides is 2. The first-order valence-electron chi connectivity index (χ1n) is 9.21. The molecule has 0 aliphatic carbocycles. The minimum atomic E-state index is -0.803. The third-order valence-electron chi connectivity index (χ3n) is 4.87. The Hall–Kier alpha value is -3.63. The molecule has 0 radical (unpaired) electrons. The number of hydrogen-bond acceptors (Lipinski definition) is 4. The second kappa shape index (κ2) is 8.59. The van der Waals surface area contributed by atoms with Gasteiger partial charge >= 0.3 is 11.8 Å². The average Bonchev–Trinajstić information content (AvgIpc) is 3.05. The molecule has 0 spiro atoms. The molecule has 2 aromatic carbocycles. The largest absolute Gasteiger partial charge is 0.350 e. The Bertz CT molecular complexity index is 1090. The summed E-state index contributed by atoms with van der Waals surface area (Å²) in [7, 11) is 5.85. The molecule has 2 amide bonds.